The van der Waals surface area contributed by atoms with Crippen molar-refractivity contribution in [2.24, 2.45) is 0 Å². The van der Waals surface area contributed by atoms with Crippen LogP contribution in [0.15, 0.2) is 79.4 Å². The molecule has 4 rings (SSSR count). The van der Waals surface area contributed by atoms with Crippen LogP contribution in [0.3, 0.4) is 0 Å². The van der Waals surface area contributed by atoms with E-state index in [1.165, 1.54) is 5.56 Å². The summed E-state index contributed by atoms with van der Waals surface area (Å²) < 4.78 is 5.80. The van der Waals surface area contributed by atoms with Crippen molar-refractivity contribution in [3.63, 3.8) is 0 Å². The Morgan fingerprint density at radius 3 is 2.17 bits per heavy atom. The Labute approximate surface area is 175 Å². The van der Waals surface area contributed by atoms with E-state index in [0.29, 0.717) is 22.7 Å². The average Bonchev–Trinajstić information content (AvgIpc) is 3.00. The zero-order chi connectivity index (χ0) is 21.1. The molecule has 0 fully saturated rings. The summed E-state index contributed by atoms with van der Waals surface area (Å²) in [6, 6.07) is 22.3. The van der Waals surface area contributed by atoms with Gasteiger partial charge in [-0.3, -0.25) is 9.59 Å². The summed E-state index contributed by atoms with van der Waals surface area (Å²) in [5, 5.41) is 2.85. The van der Waals surface area contributed by atoms with E-state index in [2.05, 4.69) is 11.9 Å². The van der Waals surface area contributed by atoms with Crippen molar-refractivity contribution in [3.8, 4) is 11.5 Å². The van der Waals surface area contributed by atoms with E-state index < -0.39 is 0 Å². The maximum absolute atomic E-state index is 12.5. The van der Waals surface area contributed by atoms with Crippen LogP contribution in [-0.2, 0) is 4.79 Å². The van der Waals surface area contributed by atoms with E-state index in [4.69, 9.17) is 4.74 Å². The highest BCUT2D eigenvalue weighted by Gasteiger charge is 2.30. The van der Waals surface area contributed by atoms with Crippen LogP contribution >= 0.6 is 0 Å². The molecule has 1 N–H and O–H groups in total. The molecule has 1 aliphatic rings. The third-order valence-corrected chi connectivity index (χ3v) is 5.00. The number of carbonyl (C=O) groups excluding carboxylic acids is 2. The van der Waals surface area contributed by atoms with Gasteiger partial charge in [0.25, 0.3) is 5.91 Å². The molecule has 150 valence electrons. The van der Waals surface area contributed by atoms with Crippen molar-refractivity contribution in [3.05, 3.63) is 96.1 Å². The molecule has 0 aromatic heterocycles. The minimum Gasteiger partial charge on any atom is -0.457 e. The van der Waals surface area contributed by atoms with Gasteiger partial charge in [-0.2, -0.15) is 0 Å². The number of nitrogens with zero attached hydrogens (tertiary/aromatic N) is 1. The van der Waals surface area contributed by atoms with Crippen LogP contribution in [0, 0.1) is 6.92 Å². The summed E-state index contributed by atoms with van der Waals surface area (Å²) in [6.45, 7) is 6.31. The smallest absolute Gasteiger partial charge is 0.258 e. The summed E-state index contributed by atoms with van der Waals surface area (Å²) in [5.74, 6) is 1.17. The van der Waals surface area contributed by atoms with Crippen molar-refractivity contribution in [2.45, 2.75) is 13.3 Å². The van der Waals surface area contributed by atoms with E-state index in [-0.39, 0.29) is 24.8 Å². The summed E-state index contributed by atoms with van der Waals surface area (Å²) in [5.41, 5.74) is 3.94. The van der Waals surface area contributed by atoms with Gasteiger partial charge in [0.15, 0.2) is 0 Å². The van der Waals surface area contributed by atoms with Gasteiger partial charge in [0, 0.05) is 35.5 Å². The van der Waals surface area contributed by atoms with Crippen LogP contribution in [0.1, 0.15) is 27.9 Å². The van der Waals surface area contributed by atoms with Crippen LogP contribution in [0.2, 0.25) is 0 Å². The number of aryl methyl sites for hydroxylation is 1. The molecule has 2 amide bonds. The highest BCUT2D eigenvalue weighted by Crippen LogP contribution is 2.31. The van der Waals surface area contributed by atoms with E-state index >= 15 is 0 Å². The quantitative estimate of drug-likeness (QED) is 0.618. The minimum absolute atomic E-state index is 0.110. The second kappa shape index (κ2) is 8.25. The van der Waals surface area contributed by atoms with Crippen molar-refractivity contribution < 1.29 is 14.3 Å². The predicted molar refractivity (Wildman–Crippen MR) is 117 cm³/mol. The van der Waals surface area contributed by atoms with Crippen molar-refractivity contribution in [2.75, 3.05) is 11.9 Å². The Kier molecular flexibility index (Phi) is 5.35. The third-order valence-electron chi connectivity index (χ3n) is 5.00. The Bertz CT molecular complexity index is 1070. The molecule has 1 aliphatic heterocycles. The van der Waals surface area contributed by atoms with Crippen molar-refractivity contribution in [1.82, 2.24) is 4.90 Å². The second-order valence-electron chi connectivity index (χ2n) is 7.19. The molecule has 5 heteroatoms. The molecule has 1 heterocycles. The number of amides is 2. The Hall–Kier alpha value is -3.86. The van der Waals surface area contributed by atoms with Gasteiger partial charge in [-0.1, -0.05) is 42.5 Å². The number of hydrogen-bond donors (Lipinski definition) is 1. The van der Waals surface area contributed by atoms with Crippen LogP contribution in [-0.4, -0.2) is 23.3 Å². The standard InChI is InChI=1S/C25H22N2O3/c1-17-7-11-20(12-8-17)30-21-13-9-19(10-14-21)26-24(28)15-16-27-18(2)22-5-3-4-6-23(22)25(27)29/h3-14H,2,15-16H2,1H3,(H,26,28). The normalized spacial score (nSPS) is 12.6. The van der Waals surface area contributed by atoms with Gasteiger partial charge in [-0.15, -0.1) is 0 Å². The highest BCUT2D eigenvalue weighted by molar-refractivity contribution is 6.09. The minimum atomic E-state index is -0.168. The topological polar surface area (TPSA) is 58.6 Å². The molecule has 0 unspecified atom stereocenters. The van der Waals surface area contributed by atoms with E-state index in [1.54, 1.807) is 35.2 Å². The molecule has 30 heavy (non-hydrogen) atoms. The van der Waals surface area contributed by atoms with Crippen molar-refractivity contribution >= 4 is 23.2 Å². The van der Waals surface area contributed by atoms with Gasteiger partial charge < -0.3 is 15.0 Å². The SMILES string of the molecule is C=C1c2ccccc2C(=O)N1CCC(=O)Nc1ccc(Oc2ccc(C)cc2)cc1. The number of rotatable bonds is 6. The fourth-order valence-electron chi connectivity index (χ4n) is 3.36. The lowest BCUT2D eigenvalue weighted by Gasteiger charge is -2.17. The van der Waals surface area contributed by atoms with E-state index in [1.807, 2.05) is 49.4 Å². The lowest BCUT2D eigenvalue weighted by atomic mass is 10.1. The number of hydrogen-bond acceptors (Lipinski definition) is 3. The Balaban J connectivity index is 1.31. The zero-order valence-corrected chi connectivity index (χ0v) is 16.7. The first-order valence-electron chi connectivity index (χ1n) is 9.76. The first-order valence-corrected chi connectivity index (χ1v) is 9.76. The van der Waals surface area contributed by atoms with Gasteiger partial charge in [0.1, 0.15) is 11.5 Å². The molecule has 0 atom stereocenters. The number of benzene rings is 3. The molecule has 0 saturated heterocycles. The number of ether oxygens (including phenoxy) is 1. The summed E-state index contributed by atoms with van der Waals surface area (Å²) in [4.78, 5) is 26.4. The average molecular weight is 398 g/mol. The largest absolute Gasteiger partial charge is 0.457 e. The van der Waals surface area contributed by atoms with Gasteiger partial charge in [-0.05, 0) is 49.4 Å². The summed E-state index contributed by atoms with van der Waals surface area (Å²) >= 11 is 0. The van der Waals surface area contributed by atoms with E-state index in [9.17, 15) is 9.59 Å². The maximum atomic E-state index is 12.5. The number of anilines is 1. The molecule has 0 saturated carbocycles. The zero-order valence-electron chi connectivity index (χ0n) is 16.7. The van der Waals surface area contributed by atoms with Gasteiger partial charge >= 0.3 is 0 Å². The fourth-order valence-corrected chi connectivity index (χ4v) is 3.36. The van der Waals surface area contributed by atoms with Gasteiger partial charge in [-0.25, -0.2) is 0 Å². The van der Waals surface area contributed by atoms with Crippen LogP contribution in [0.4, 0.5) is 5.69 Å². The van der Waals surface area contributed by atoms with Crippen molar-refractivity contribution in [1.29, 1.82) is 0 Å². The number of carbonyl (C=O) groups is 2. The summed E-state index contributed by atoms with van der Waals surface area (Å²) in [6.07, 6.45) is 0.181. The molecule has 0 aliphatic carbocycles. The molecule has 0 radical (unpaired) electrons. The first kappa shape index (κ1) is 19.5. The Morgan fingerprint density at radius 1 is 0.933 bits per heavy atom. The lowest BCUT2D eigenvalue weighted by Crippen LogP contribution is -2.27. The molecule has 3 aromatic rings. The van der Waals surface area contributed by atoms with Gasteiger partial charge in [0.2, 0.25) is 5.91 Å². The van der Waals surface area contributed by atoms with Crippen LogP contribution in [0.25, 0.3) is 5.70 Å². The summed E-state index contributed by atoms with van der Waals surface area (Å²) in [7, 11) is 0. The lowest BCUT2D eigenvalue weighted by molar-refractivity contribution is -0.116. The van der Waals surface area contributed by atoms with Crippen LogP contribution < -0.4 is 10.1 Å². The van der Waals surface area contributed by atoms with E-state index in [0.717, 1.165) is 11.3 Å². The fraction of sp³-hybridized carbons (Fsp3) is 0.120. The predicted octanol–water partition coefficient (Wildman–Crippen LogP) is 5.24. The molecule has 0 spiro atoms. The Morgan fingerprint density at radius 2 is 1.53 bits per heavy atom. The maximum Gasteiger partial charge on any atom is 0.258 e. The number of fused-ring (bicyclic) bond motifs is 1. The molecule has 5 nitrogen and oxygen atoms in total. The molecular formula is C25H22N2O3. The highest BCUT2D eigenvalue weighted by atomic mass is 16.5. The van der Waals surface area contributed by atoms with Gasteiger partial charge in [0.05, 0.1) is 0 Å². The molecule has 0 bridgehead atoms. The van der Waals surface area contributed by atoms with Crippen LogP contribution in [0.5, 0.6) is 11.5 Å². The molecule has 3 aromatic carbocycles. The first-order chi connectivity index (χ1) is 14.5. The molecular weight excluding hydrogens is 376 g/mol. The monoisotopic (exact) mass is 398 g/mol. The number of nitrogens with one attached hydrogen (secondary N) is 1. The second-order valence-corrected chi connectivity index (χ2v) is 7.19. The third kappa shape index (κ3) is 4.10.